The number of hydrogen-bond acceptors (Lipinski definition) is 6. The quantitative estimate of drug-likeness (QED) is 0.267. The second kappa shape index (κ2) is 6.73. The first kappa shape index (κ1) is 16.9. The molecule has 4 N–H and O–H groups in total. The van der Waals surface area contributed by atoms with Crippen molar-refractivity contribution in [2.45, 2.75) is 22.4 Å². The zero-order valence-corrected chi connectivity index (χ0v) is 13.2. The van der Waals surface area contributed by atoms with Crippen LogP contribution in [0.2, 0.25) is 0 Å². The van der Waals surface area contributed by atoms with Crippen LogP contribution in [-0.2, 0) is 9.53 Å². The fraction of sp³-hybridized carbons (Fsp3) is 0.417. The molecule has 1 saturated heterocycles. The van der Waals surface area contributed by atoms with Crippen molar-refractivity contribution in [3.63, 3.8) is 0 Å². The van der Waals surface area contributed by atoms with Crippen molar-refractivity contribution in [2.24, 2.45) is 0 Å². The number of aromatic nitrogens is 2. The van der Waals surface area contributed by atoms with Gasteiger partial charge in [0.05, 0.1) is 22.2 Å². The standard InChI is InChI=1S/C12H13IN2O7/c13-8-9(19)6(4-16)22-11(8)15-3-5(1-2-7(17)18)10(20)14-12(15)21/h1-3,6,8-9,11,16,19H,4H2,(H,17,18)(H,14,20,21)/b2-1+/t6-,8?,9-,11-/m1/s1. The van der Waals surface area contributed by atoms with Gasteiger partial charge in [-0.15, -0.1) is 0 Å². The van der Waals surface area contributed by atoms with Crippen molar-refractivity contribution in [1.29, 1.82) is 0 Å². The minimum absolute atomic E-state index is 0.0452. The Balaban J connectivity index is 2.44. The summed E-state index contributed by atoms with van der Waals surface area (Å²) in [7, 11) is 0. The largest absolute Gasteiger partial charge is 0.478 e. The molecule has 1 fully saturated rings. The van der Waals surface area contributed by atoms with Crippen LogP contribution in [0.4, 0.5) is 0 Å². The average Bonchev–Trinajstić information content (AvgIpc) is 2.74. The lowest BCUT2D eigenvalue weighted by molar-refractivity contribution is -0.131. The zero-order valence-electron chi connectivity index (χ0n) is 11.0. The highest BCUT2D eigenvalue weighted by molar-refractivity contribution is 14.1. The molecule has 2 rings (SSSR count). The Morgan fingerprint density at radius 2 is 2.18 bits per heavy atom. The number of ether oxygens (including phenoxy) is 1. The number of carbonyl (C=O) groups is 1. The Kier molecular flexibility index (Phi) is 5.16. The van der Waals surface area contributed by atoms with Gasteiger partial charge in [0, 0.05) is 12.3 Å². The molecule has 1 unspecified atom stereocenters. The number of aliphatic carboxylic acids is 1. The number of nitrogens with zero attached hydrogens (tertiary/aromatic N) is 1. The van der Waals surface area contributed by atoms with Gasteiger partial charge in [-0.1, -0.05) is 22.6 Å². The number of aliphatic hydroxyl groups is 2. The number of carboxylic acid groups (broad SMARTS) is 1. The Morgan fingerprint density at radius 3 is 2.73 bits per heavy atom. The number of hydrogen-bond donors (Lipinski definition) is 4. The van der Waals surface area contributed by atoms with Crippen molar-refractivity contribution in [3.05, 3.63) is 38.7 Å². The molecule has 1 aromatic rings. The molecule has 120 valence electrons. The van der Waals surface area contributed by atoms with Crippen LogP contribution in [0.3, 0.4) is 0 Å². The van der Waals surface area contributed by atoms with Crippen LogP contribution in [0.25, 0.3) is 6.08 Å². The van der Waals surface area contributed by atoms with Crippen molar-refractivity contribution < 1.29 is 24.9 Å². The molecule has 1 aromatic heterocycles. The summed E-state index contributed by atoms with van der Waals surface area (Å²) in [6.45, 7) is -0.416. The molecule has 22 heavy (non-hydrogen) atoms. The number of rotatable bonds is 4. The zero-order chi connectivity index (χ0) is 16.4. The Bertz CT molecular complexity index is 710. The summed E-state index contributed by atoms with van der Waals surface area (Å²) >= 11 is 1.88. The molecule has 10 heteroatoms. The van der Waals surface area contributed by atoms with Gasteiger partial charge in [-0.2, -0.15) is 0 Å². The van der Waals surface area contributed by atoms with E-state index in [0.717, 1.165) is 22.9 Å². The van der Waals surface area contributed by atoms with Gasteiger partial charge in [-0.25, -0.2) is 9.59 Å². The number of aromatic amines is 1. The predicted molar refractivity (Wildman–Crippen MR) is 82.8 cm³/mol. The van der Waals surface area contributed by atoms with Crippen LogP contribution in [0.15, 0.2) is 21.9 Å². The van der Waals surface area contributed by atoms with Gasteiger partial charge in [-0.05, 0) is 6.08 Å². The highest BCUT2D eigenvalue weighted by Crippen LogP contribution is 2.33. The van der Waals surface area contributed by atoms with E-state index in [-0.39, 0.29) is 5.56 Å². The van der Waals surface area contributed by atoms with Gasteiger partial charge < -0.3 is 20.1 Å². The minimum atomic E-state index is -1.24. The molecule has 0 radical (unpaired) electrons. The van der Waals surface area contributed by atoms with Gasteiger partial charge in [0.15, 0.2) is 6.23 Å². The van der Waals surface area contributed by atoms with Crippen LogP contribution in [0.5, 0.6) is 0 Å². The molecule has 4 atom stereocenters. The van der Waals surface area contributed by atoms with Gasteiger partial charge in [0.25, 0.3) is 5.56 Å². The van der Waals surface area contributed by atoms with Gasteiger partial charge in [0.2, 0.25) is 0 Å². The van der Waals surface area contributed by atoms with Gasteiger partial charge in [-0.3, -0.25) is 14.3 Å². The third-order valence-electron chi connectivity index (χ3n) is 3.15. The highest BCUT2D eigenvalue weighted by Gasteiger charge is 2.43. The number of nitrogens with one attached hydrogen (secondary N) is 1. The fourth-order valence-corrected chi connectivity index (χ4v) is 3.03. The van der Waals surface area contributed by atoms with Crippen LogP contribution in [0, 0.1) is 0 Å². The van der Waals surface area contributed by atoms with Crippen LogP contribution in [0.1, 0.15) is 11.8 Å². The third-order valence-corrected chi connectivity index (χ3v) is 4.50. The first-order valence-electron chi connectivity index (χ1n) is 6.20. The Morgan fingerprint density at radius 1 is 1.50 bits per heavy atom. The molecule has 0 bridgehead atoms. The maximum absolute atomic E-state index is 11.9. The number of H-pyrrole nitrogens is 1. The first-order valence-corrected chi connectivity index (χ1v) is 7.44. The number of carboxylic acids is 1. The van der Waals surface area contributed by atoms with Crippen molar-refractivity contribution in [2.75, 3.05) is 6.61 Å². The topological polar surface area (TPSA) is 142 Å². The molecule has 0 spiro atoms. The van der Waals surface area contributed by atoms with E-state index in [1.807, 2.05) is 22.6 Å². The second-order valence-electron chi connectivity index (χ2n) is 4.61. The Hall–Kier alpha value is -1.50. The fourth-order valence-electron chi connectivity index (χ4n) is 2.05. The van der Waals surface area contributed by atoms with E-state index in [1.165, 1.54) is 0 Å². The van der Waals surface area contributed by atoms with E-state index in [1.54, 1.807) is 0 Å². The maximum atomic E-state index is 11.9. The molecule has 1 aliphatic rings. The van der Waals surface area contributed by atoms with E-state index >= 15 is 0 Å². The van der Waals surface area contributed by atoms with E-state index < -0.39 is 46.2 Å². The smallest absolute Gasteiger partial charge is 0.330 e. The lowest BCUT2D eigenvalue weighted by Crippen LogP contribution is -2.36. The van der Waals surface area contributed by atoms with Crippen LogP contribution >= 0.6 is 22.6 Å². The molecule has 2 heterocycles. The summed E-state index contributed by atoms with van der Waals surface area (Å²) < 4.78 is 5.94. The second-order valence-corrected chi connectivity index (χ2v) is 6.04. The molecule has 9 nitrogen and oxygen atoms in total. The van der Waals surface area contributed by atoms with E-state index in [4.69, 9.17) is 14.9 Å². The molecular formula is C12H13IN2O7. The molecule has 1 aliphatic heterocycles. The average molecular weight is 424 g/mol. The normalized spacial score (nSPS) is 28.3. The third kappa shape index (κ3) is 3.29. The lowest BCUT2D eigenvalue weighted by Gasteiger charge is -2.17. The monoisotopic (exact) mass is 424 g/mol. The molecule has 0 aromatic carbocycles. The predicted octanol–water partition coefficient (Wildman–Crippen LogP) is -1.31. The van der Waals surface area contributed by atoms with Crippen molar-refractivity contribution in [3.8, 4) is 0 Å². The van der Waals surface area contributed by atoms with Crippen molar-refractivity contribution in [1.82, 2.24) is 9.55 Å². The van der Waals surface area contributed by atoms with E-state index in [9.17, 15) is 19.5 Å². The van der Waals surface area contributed by atoms with E-state index in [2.05, 4.69) is 4.98 Å². The summed E-state index contributed by atoms with van der Waals surface area (Å²) in [6.07, 6.45) is 0.254. The summed E-state index contributed by atoms with van der Waals surface area (Å²) in [5.41, 5.74) is -1.54. The van der Waals surface area contributed by atoms with Crippen LogP contribution in [-0.4, -0.2) is 53.6 Å². The molecule has 0 aliphatic carbocycles. The summed E-state index contributed by atoms with van der Waals surface area (Å²) in [6, 6.07) is 0. The number of halogens is 1. The summed E-state index contributed by atoms with van der Waals surface area (Å²) in [5, 5.41) is 27.6. The van der Waals surface area contributed by atoms with Gasteiger partial charge >= 0.3 is 11.7 Å². The van der Waals surface area contributed by atoms with Gasteiger partial charge in [0.1, 0.15) is 6.10 Å². The summed E-state index contributed by atoms with van der Waals surface area (Å²) in [4.78, 5) is 36.1. The molecule has 0 amide bonds. The number of alkyl halides is 1. The maximum Gasteiger partial charge on any atom is 0.330 e. The lowest BCUT2D eigenvalue weighted by atomic mass is 10.2. The SMILES string of the molecule is O=C(O)/C=C/c1cn([C@@H]2O[C@H](CO)[C@@H](O)C2I)c(=O)[nH]c1=O. The molecular weight excluding hydrogens is 411 g/mol. The van der Waals surface area contributed by atoms with Crippen LogP contribution < -0.4 is 11.2 Å². The summed E-state index contributed by atoms with van der Waals surface area (Å²) in [5.74, 6) is -1.24. The van der Waals surface area contributed by atoms with E-state index in [0.29, 0.717) is 0 Å². The van der Waals surface area contributed by atoms with Crippen molar-refractivity contribution >= 4 is 34.6 Å². The highest BCUT2D eigenvalue weighted by atomic mass is 127. The number of aliphatic hydroxyl groups excluding tert-OH is 2. The minimum Gasteiger partial charge on any atom is -0.478 e. The first-order chi connectivity index (χ1) is 10.3. The Labute approximate surface area is 137 Å². The molecule has 0 saturated carbocycles.